The van der Waals surface area contributed by atoms with E-state index in [-0.39, 0.29) is 43.2 Å². The number of carbonyl (C=O) groups is 4. The van der Waals surface area contributed by atoms with E-state index in [0.717, 1.165) is 12.8 Å². The number of carboxylic acid groups (broad SMARTS) is 1. The largest absolute Gasteiger partial charge is 0.513 e. The monoisotopic (exact) mass is 525 g/mol. The molecule has 0 saturated heterocycles. The van der Waals surface area contributed by atoms with Crippen LogP contribution in [0, 0.1) is 17.8 Å². The van der Waals surface area contributed by atoms with Crippen LogP contribution in [0.5, 0.6) is 11.5 Å². The Labute approximate surface area is 217 Å². The minimum Gasteiger partial charge on any atom is -0.480 e. The molecule has 0 radical (unpaired) electrons. The predicted octanol–water partition coefficient (Wildman–Crippen LogP) is 4.50. The third kappa shape index (κ3) is 11.1. The van der Waals surface area contributed by atoms with E-state index in [1.165, 1.54) is 25.1 Å². The Balaban J connectivity index is 3.32. The third-order valence-corrected chi connectivity index (χ3v) is 5.94. The molecular weight excluding hydrogens is 486 g/mol. The van der Waals surface area contributed by atoms with Gasteiger partial charge in [0, 0.05) is 12.8 Å². The molecule has 1 rings (SSSR count). The van der Waals surface area contributed by atoms with Gasteiger partial charge in [0.25, 0.3) is 0 Å². The number of carboxylic acids is 1. The SMILES string of the molecule is CCC(C)COC(=O)Oc1ccc(C(C(C)COC(C)=O)[C@H](N)C(=O)O)cc1OC(=O)OCC(C)CC. The van der Waals surface area contributed by atoms with E-state index in [0.29, 0.717) is 5.56 Å². The van der Waals surface area contributed by atoms with E-state index < -0.39 is 42.1 Å². The number of aliphatic carboxylic acids is 1. The lowest BCUT2D eigenvalue weighted by Gasteiger charge is -2.27. The fraction of sp³-hybridized carbons (Fsp3) is 0.615. The Kier molecular flexibility index (Phi) is 13.4. The molecule has 3 N–H and O–H groups in total. The fourth-order valence-corrected chi connectivity index (χ4v) is 3.19. The van der Waals surface area contributed by atoms with E-state index in [9.17, 15) is 24.3 Å². The summed E-state index contributed by atoms with van der Waals surface area (Å²) in [6, 6.07) is 2.81. The Bertz CT molecular complexity index is 919. The maximum atomic E-state index is 12.4. The summed E-state index contributed by atoms with van der Waals surface area (Å²) in [5.41, 5.74) is 6.33. The number of ether oxygens (including phenoxy) is 5. The molecule has 0 aromatic heterocycles. The number of carbonyl (C=O) groups excluding carboxylic acids is 3. The first-order valence-electron chi connectivity index (χ1n) is 12.3. The van der Waals surface area contributed by atoms with Crippen LogP contribution in [0.15, 0.2) is 18.2 Å². The molecule has 0 fully saturated rings. The standard InChI is InChI=1S/C26H39NO10/c1-7-15(3)12-34-25(31)36-20-10-9-19(11-21(20)37-26(32)35-13-16(4)8-2)22(23(27)24(29)30)17(5)14-33-18(6)28/h9-11,15-17,22-23H,7-8,12-14,27H2,1-6H3,(H,29,30)/t15?,16?,17?,22?,23-/m0/s1. The van der Waals surface area contributed by atoms with Crippen molar-refractivity contribution in [3.8, 4) is 11.5 Å². The first-order valence-corrected chi connectivity index (χ1v) is 12.3. The van der Waals surface area contributed by atoms with Gasteiger partial charge in [-0.25, -0.2) is 9.59 Å². The molecule has 208 valence electrons. The highest BCUT2D eigenvalue weighted by molar-refractivity contribution is 5.75. The summed E-state index contributed by atoms with van der Waals surface area (Å²) in [6.07, 6.45) is -0.432. The van der Waals surface area contributed by atoms with Crippen molar-refractivity contribution < 1.29 is 48.0 Å². The van der Waals surface area contributed by atoms with Crippen LogP contribution in [0.4, 0.5) is 9.59 Å². The van der Waals surface area contributed by atoms with Crippen molar-refractivity contribution in [2.75, 3.05) is 19.8 Å². The number of nitrogens with two attached hydrogens (primary N) is 1. The van der Waals surface area contributed by atoms with Crippen molar-refractivity contribution in [2.24, 2.45) is 23.5 Å². The molecule has 11 heteroatoms. The molecule has 5 atom stereocenters. The van der Waals surface area contributed by atoms with Crippen LogP contribution >= 0.6 is 0 Å². The highest BCUT2D eigenvalue weighted by Crippen LogP contribution is 2.36. The fourth-order valence-electron chi connectivity index (χ4n) is 3.19. The topological polar surface area (TPSA) is 161 Å². The highest BCUT2D eigenvalue weighted by Gasteiger charge is 2.32. The molecule has 0 aliphatic heterocycles. The Hall–Kier alpha value is -3.34. The molecule has 0 aliphatic rings. The number of hydrogen-bond donors (Lipinski definition) is 2. The van der Waals surface area contributed by atoms with Gasteiger partial charge in [-0.1, -0.05) is 53.5 Å². The van der Waals surface area contributed by atoms with Gasteiger partial charge in [-0.05, 0) is 35.4 Å². The molecule has 0 spiro atoms. The maximum absolute atomic E-state index is 12.4. The van der Waals surface area contributed by atoms with Gasteiger partial charge in [0.15, 0.2) is 11.5 Å². The Morgan fingerprint density at radius 2 is 1.35 bits per heavy atom. The molecule has 0 aliphatic carbocycles. The molecule has 37 heavy (non-hydrogen) atoms. The first-order chi connectivity index (χ1) is 17.4. The van der Waals surface area contributed by atoms with Crippen molar-refractivity contribution in [3.05, 3.63) is 23.8 Å². The zero-order chi connectivity index (χ0) is 28.1. The lowest BCUT2D eigenvalue weighted by Crippen LogP contribution is -2.40. The van der Waals surface area contributed by atoms with Crippen LogP contribution in [-0.4, -0.2) is 55.2 Å². The summed E-state index contributed by atoms with van der Waals surface area (Å²) in [5.74, 6) is -3.26. The minimum absolute atomic E-state index is 0.0890. The molecule has 1 aromatic rings. The van der Waals surface area contributed by atoms with Crippen molar-refractivity contribution in [1.29, 1.82) is 0 Å². The van der Waals surface area contributed by atoms with Crippen molar-refractivity contribution in [2.45, 2.75) is 66.3 Å². The summed E-state index contributed by atoms with van der Waals surface area (Å²) < 4.78 is 25.9. The van der Waals surface area contributed by atoms with Crippen LogP contribution in [0.2, 0.25) is 0 Å². The molecule has 0 heterocycles. The second kappa shape index (κ2) is 15.7. The molecule has 0 saturated carbocycles. The summed E-state index contributed by atoms with van der Waals surface area (Å²) in [7, 11) is 0. The number of benzene rings is 1. The van der Waals surface area contributed by atoms with E-state index in [1.807, 2.05) is 27.7 Å². The van der Waals surface area contributed by atoms with Gasteiger partial charge in [0.1, 0.15) is 6.04 Å². The smallest absolute Gasteiger partial charge is 0.480 e. The second-order valence-corrected chi connectivity index (χ2v) is 9.23. The third-order valence-electron chi connectivity index (χ3n) is 5.94. The van der Waals surface area contributed by atoms with Gasteiger partial charge in [0.2, 0.25) is 0 Å². The van der Waals surface area contributed by atoms with Crippen LogP contribution in [0.3, 0.4) is 0 Å². The highest BCUT2D eigenvalue weighted by atomic mass is 16.7. The Morgan fingerprint density at radius 3 is 1.81 bits per heavy atom. The van der Waals surface area contributed by atoms with E-state index in [1.54, 1.807) is 6.92 Å². The van der Waals surface area contributed by atoms with Gasteiger partial charge >= 0.3 is 24.2 Å². The van der Waals surface area contributed by atoms with Crippen LogP contribution in [0.1, 0.15) is 65.9 Å². The van der Waals surface area contributed by atoms with Crippen molar-refractivity contribution in [3.63, 3.8) is 0 Å². The summed E-state index contributed by atoms with van der Waals surface area (Å²) in [6.45, 7) is 10.8. The second-order valence-electron chi connectivity index (χ2n) is 9.23. The lowest BCUT2D eigenvalue weighted by molar-refractivity contribution is -0.142. The molecule has 0 bridgehead atoms. The molecule has 0 amide bonds. The van der Waals surface area contributed by atoms with Crippen molar-refractivity contribution in [1.82, 2.24) is 0 Å². The average Bonchev–Trinajstić information content (AvgIpc) is 2.85. The zero-order valence-corrected chi connectivity index (χ0v) is 22.4. The average molecular weight is 526 g/mol. The predicted molar refractivity (Wildman–Crippen MR) is 133 cm³/mol. The van der Waals surface area contributed by atoms with E-state index >= 15 is 0 Å². The molecular formula is C26H39NO10. The normalized spacial score (nSPS) is 14.9. The molecule has 1 aromatic carbocycles. The minimum atomic E-state index is -1.37. The molecule has 11 nitrogen and oxygen atoms in total. The summed E-state index contributed by atoms with van der Waals surface area (Å²) in [4.78, 5) is 47.6. The lowest BCUT2D eigenvalue weighted by atomic mass is 9.82. The number of esters is 1. The van der Waals surface area contributed by atoms with Gasteiger partial charge in [-0.2, -0.15) is 0 Å². The van der Waals surface area contributed by atoms with Gasteiger partial charge in [0.05, 0.1) is 19.8 Å². The van der Waals surface area contributed by atoms with Crippen LogP contribution < -0.4 is 15.2 Å². The molecule has 4 unspecified atom stereocenters. The summed E-state index contributed by atoms with van der Waals surface area (Å²) in [5, 5.41) is 9.57. The first kappa shape index (κ1) is 31.7. The van der Waals surface area contributed by atoms with Crippen LogP contribution in [0.25, 0.3) is 0 Å². The zero-order valence-electron chi connectivity index (χ0n) is 22.4. The van der Waals surface area contributed by atoms with Crippen LogP contribution in [-0.2, 0) is 23.8 Å². The van der Waals surface area contributed by atoms with Gasteiger partial charge in [-0.3, -0.25) is 9.59 Å². The quantitative estimate of drug-likeness (QED) is 0.200. The summed E-state index contributed by atoms with van der Waals surface area (Å²) >= 11 is 0. The maximum Gasteiger partial charge on any atom is 0.513 e. The van der Waals surface area contributed by atoms with E-state index in [4.69, 9.17) is 29.4 Å². The van der Waals surface area contributed by atoms with Crippen molar-refractivity contribution >= 4 is 24.2 Å². The van der Waals surface area contributed by atoms with Gasteiger partial charge in [-0.15, -0.1) is 0 Å². The number of hydrogen-bond acceptors (Lipinski definition) is 10. The number of rotatable bonds is 14. The Morgan fingerprint density at radius 1 is 0.838 bits per heavy atom. The van der Waals surface area contributed by atoms with E-state index in [2.05, 4.69) is 0 Å². The van der Waals surface area contributed by atoms with Gasteiger partial charge < -0.3 is 34.5 Å².